The van der Waals surface area contributed by atoms with Crippen LogP contribution >= 0.6 is 0 Å². The molecule has 2 saturated heterocycles. The first-order valence-corrected chi connectivity index (χ1v) is 9.78. The van der Waals surface area contributed by atoms with E-state index in [4.69, 9.17) is 9.47 Å². The van der Waals surface area contributed by atoms with Crippen LogP contribution in [0.15, 0.2) is 30.3 Å². The van der Waals surface area contributed by atoms with Crippen LogP contribution in [0, 0.1) is 5.92 Å². The highest BCUT2D eigenvalue weighted by Gasteiger charge is 2.40. The minimum Gasteiger partial charge on any atom is -0.444 e. The summed E-state index contributed by atoms with van der Waals surface area (Å²) in [6.45, 7) is 9.19. The summed E-state index contributed by atoms with van der Waals surface area (Å²) in [7, 11) is 0. The Labute approximate surface area is 157 Å². The minimum atomic E-state index is -0.483. The number of likely N-dealkylation sites (tertiary alicyclic amines) is 1. The first kappa shape index (κ1) is 19.2. The summed E-state index contributed by atoms with van der Waals surface area (Å²) in [5, 5.41) is 3.12. The Morgan fingerprint density at radius 2 is 2.00 bits per heavy atom. The third kappa shape index (κ3) is 5.45. The summed E-state index contributed by atoms with van der Waals surface area (Å²) in [5.41, 5.74) is 0.817. The van der Waals surface area contributed by atoms with Crippen molar-refractivity contribution in [1.29, 1.82) is 0 Å². The molecule has 144 valence electrons. The van der Waals surface area contributed by atoms with Gasteiger partial charge in [0.15, 0.2) is 0 Å². The second-order valence-corrected chi connectivity index (χ2v) is 8.50. The van der Waals surface area contributed by atoms with E-state index in [1.54, 1.807) is 0 Å². The van der Waals surface area contributed by atoms with Crippen molar-refractivity contribution in [2.75, 3.05) is 19.7 Å². The maximum Gasteiger partial charge on any atom is 0.407 e. The van der Waals surface area contributed by atoms with Gasteiger partial charge in [0.05, 0.1) is 12.1 Å². The molecule has 2 heterocycles. The van der Waals surface area contributed by atoms with E-state index in [-0.39, 0.29) is 18.2 Å². The van der Waals surface area contributed by atoms with Gasteiger partial charge in [0.1, 0.15) is 5.60 Å². The Morgan fingerprint density at radius 3 is 2.65 bits per heavy atom. The van der Waals surface area contributed by atoms with E-state index >= 15 is 0 Å². The monoisotopic (exact) mass is 360 g/mol. The van der Waals surface area contributed by atoms with E-state index in [0.717, 1.165) is 39.1 Å². The molecule has 0 spiro atoms. The van der Waals surface area contributed by atoms with Crippen molar-refractivity contribution in [3.63, 3.8) is 0 Å². The maximum absolute atomic E-state index is 12.3. The average Bonchev–Trinajstić information content (AvgIpc) is 2.97. The number of carbonyl (C=O) groups is 1. The van der Waals surface area contributed by atoms with E-state index in [9.17, 15) is 4.79 Å². The van der Waals surface area contributed by atoms with E-state index in [1.807, 2.05) is 26.8 Å². The number of benzene rings is 1. The minimum absolute atomic E-state index is 0.0664. The number of alkyl carbamates (subject to hydrolysis) is 1. The van der Waals surface area contributed by atoms with Gasteiger partial charge >= 0.3 is 6.09 Å². The summed E-state index contributed by atoms with van der Waals surface area (Å²) < 4.78 is 11.5. The fourth-order valence-corrected chi connectivity index (χ4v) is 3.98. The molecule has 5 heteroatoms. The average molecular weight is 360 g/mol. The fourth-order valence-electron chi connectivity index (χ4n) is 3.98. The third-order valence-corrected chi connectivity index (χ3v) is 5.08. The number of hydrogen-bond acceptors (Lipinski definition) is 4. The van der Waals surface area contributed by atoms with Crippen molar-refractivity contribution in [3.8, 4) is 0 Å². The molecule has 0 bridgehead atoms. The zero-order valence-corrected chi connectivity index (χ0v) is 16.2. The van der Waals surface area contributed by atoms with Gasteiger partial charge in [-0.25, -0.2) is 4.79 Å². The first-order valence-electron chi connectivity index (χ1n) is 9.78. The van der Waals surface area contributed by atoms with Gasteiger partial charge in [0, 0.05) is 32.2 Å². The molecule has 26 heavy (non-hydrogen) atoms. The molecular formula is C21H32N2O3. The van der Waals surface area contributed by atoms with Crippen LogP contribution in [0.5, 0.6) is 0 Å². The fraction of sp³-hybridized carbons (Fsp3) is 0.667. The van der Waals surface area contributed by atoms with Gasteiger partial charge in [0.25, 0.3) is 0 Å². The zero-order chi connectivity index (χ0) is 18.6. The lowest BCUT2D eigenvalue weighted by Crippen LogP contribution is -2.47. The third-order valence-electron chi connectivity index (χ3n) is 5.08. The number of ether oxygens (including phenoxy) is 2. The molecule has 2 aliphatic heterocycles. The lowest BCUT2D eigenvalue weighted by atomic mass is 9.91. The topological polar surface area (TPSA) is 50.8 Å². The Bertz CT molecular complexity index is 579. The molecule has 1 N–H and O–H groups in total. The largest absolute Gasteiger partial charge is 0.444 e. The predicted molar refractivity (Wildman–Crippen MR) is 102 cm³/mol. The molecule has 1 amide bonds. The molecule has 2 fully saturated rings. The maximum atomic E-state index is 12.3. The summed E-state index contributed by atoms with van der Waals surface area (Å²) in [6, 6.07) is 10.6. The van der Waals surface area contributed by atoms with Gasteiger partial charge in [-0.2, -0.15) is 0 Å². The quantitative estimate of drug-likeness (QED) is 0.892. The van der Waals surface area contributed by atoms with Crippen LogP contribution in [0.2, 0.25) is 0 Å². The highest BCUT2D eigenvalue weighted by molar-refractivity contribution is 5.68. The van der Waals surface area contributed by atoms with Crippen LogP contribution in [0.1, 0.15) is 45.6 Å². The second-order valence-electron chi connectivity index (χ2n) is 8.50. The SMILES string of the molecule is CC(C)(C)OC(=O)NC1CN(Cc2ccccc2)CC1C1CCCCO1. The number of rotatable bonds is 4. The van der Waals surface area contributed by atoms with Gasteiger partial charge in [-0.05, 0) is 45.6 Å². The van der Waals surface area contributed by atoms with Crippen molar-refractivity contribution in [3.05, 3.63) is 35.9 Å². The van der Waals surface area contributed by atoms with Crippen molar-refractivity contribution in [2.24, 2.45) is 5.92 Å². The summed E-state index contributed by atoms with van der Waals surface area (Å²) >= 11 is 0. The van der Waals surface area contributed by atoms with E-state index in [2.05, 4.69) is 34.5 Å². The van der Waals surface area contributed by atoms with Crippen LogP contribution in [0.25, 0.3) is 0 Å². The second kappa shape index (κ2) is 8.40. The zero-order valence-electron chi connectivity index (χ0n) is 16.2. The van der Waals surface area contributed by atoms with E-state index in [1.165, 1.54) is 12.0 Å². The normalized spacial score (nSPS) is 27.3. The molecule has 3 atom stereocenters. The molecule has 3 rings (SSSR count). The highest BCUT2D eigenvalue weighted by atomic mass is 16.6. The highest BCUT2D eigenvalue weighted by Crippen LogP contribution is 2.29. The van der Waals surface area contributed by atoms with Crippen LogP contribution in [-0.2, 0) is 16.0 Å². The van der Waals surface area contributed by atoms with Gasteiger partial charge in [0.2, 0.25) is 0 Å². The van der Waals surface area contributed by atoms with E-state index < -0.39 is 5.60 Å². The predicted octanol–water partition coefficient (Wildman–Crippen LogP) is 3.58. The molecule has 0 saturated carbocycles. The van der Waals surface area contributed by atoms with Crippen LogP contribution in [0.3, 0.4) is 0 Å². The first-order chi connectivity index (χ1) is 12.4. The summed E-state index contributed by atoms with van der Waals surface area (Å²) in [4.78, 5) is 14.7. The molecule has 1 aromatic carbocycles. The summed E-state index contributed by atoms with van der Waals surface area (Å²) in [5.74, 6) is 0.312. The Kier molecular flexibility index (Phi) is 6.20. The Hall–Kier alpha value is -1.59. The number of nitrogens with one attached hydrogen (secondary N) is 1. The molecule has 0 aliphatic carbocycles. The number of carbonyl (C=O) groups excluding carboxylic acids is 1. The van der Waals surface area contributed by atoms with Crippen LogP contribution < -0.4 is 5.32 Å². The standard InChI is InChI=1S/C21H32N2O3/c1-21(2,3)26-20(24)22-18-15-23(13-16-9-5-4-6-10-16)14-17(18)19-11-7-8-12-25-19/h4-6,9-10,17-19H,7-8,11-15H2,1-3H3,(H,22,24). The van der Waals surface area contributed by atoms with Gasteiger partial charge in [-0.1, -0.05) is 30.3 Å². The molecule has 1 aromatic rings. The van der Waals surface area contributed by atoms with Crippen molar-refractivity contribution < 1.29 is 14.3 Å². The number of amides is 1. The van der Waals surface area contributed by atoms with Gasteiger partial charge in [-0.3, -0.25) is 4.90 Å². The van der Waals surface area contributed by atoms with Crippen molar-refractivity contribution in [2.45, 2.75) is 64.3 Å². The van der Waals surface area contributed by atoms with Crippen molar-refractivity contribution >= 4 is 6.09 Å². The van der Waals surface area contributed by atoms with Crippen molar-refractivity contribution in [1.82, 2.24) is 10.2 Å². The molecule has 5 nitrogen and oxygen atoms in total. The molecule has 2 aliphatic rings. The Morgan fingerprint density at radius 1 is 1.23 bits per heavy atom. The smallest absolute Gasteiger partial charge is 0.407 e. The number of hydrogen-bond donors (Lipinski definition) is 1. The summed E-state index contributed by atoms with van der Waals surface area (Å²) in [6.07, 6.45) is 3.32. The Balaban J connectivity index is 1.65. The van der Waals surface area contributed by atoms with Gasteiger partial charge in [-0.15, -0.1) is 0 Å². The lowest BCUT2D eigenvalue weighted by molar-refractivity contribution is -0.0248. The molecule has 0 radical (unpaired) electrons. The lowest BCUT2D eigenvalue weighted by Gasteiger charge is -2.32. The van der Waals surface area contributed by atoms with Crippen LogP contribution in [0.4, 0.5) is 4.79 Å². The molecular weight excluding hydrogens is 328 g/mol. The van der Waals surface area contributed by atoms with E-state index in [0.29, 0.717) is 5.92 Å². The molecule has 0 aromatic heterocycles. The number of nitrogens with zero attached hydrogens (tertiary/aromatic N) is 1. The van der Waals surface area contributed by atoms with Gasteiger partial charge < -0.3 is 14.8 Å². The molecule has 3 unspecified atom stereocenters. The van der Waals surface area contributed by atoms with Crippen LogP contribution in [-0.4, -0.2) is 48.4 Å².